The minimum Gasteiger partial charge on any atom is -0.422 e. The van der Waals surface area contributed by atoms with E-state index >= 15 is 0 Å². The van der Waals surface area contributed by atoms with Gasteiger partial charge in [-0.25, -0.2) is 0 Å². The maximum Gasteiger partial charge on any atom is 0.246 e. The van der Waals surface area contributed by atoms with Crippen molar-refractivity contribution in [3.8, 4) is 0 Å². The highest BCUT2D eigenvalue weighted by molar-refractivity contribution is 4.94. The lowest BCUT2D eigenvalue weighted by Gasteiger charge is -2.38. The largest absolute Gasteiger partial charge is 0.422 e. The minimum atomic E-state index is -0.109. The summed E-state index contributed by atoms with van der Waals surface area (Å²) in [5.74, 6) is 1.28. The van der Waals surface area contributed by atoms with Crippen molar-refractivity contribution in [1.29, 1.82) is 0 Å². The third-order valence-electron chi connectivity index (χ3n) is 4.67. The van der Waals surface area contributed by atoms with Crippen LogP contribution in [0.25, 0.3) is 0 Å². The first-order valence-corrected chi connectivity index (χ1v) is 7.96. The second-order valence-electron chi connectivity index (χ2n) is 6.08. The van der Waals surface area contributed by atoms with Crippen molar-refractivity contribution in [3.05, 3.63) is 11.8 Å². The van der Waals surface area contributed by atoms with Crippen LogP contribution in [0.5, 0.6) is 0 Å². The fraction of sp³-hybridized carbons (Fsp3) is 0.867. The summed E-state index contributed by atoms with van der Waals surface area (Å²) in [5.41, 5.74) is 0.0330. The Balaban J connectivity index is 1.62. The molecule has 0 spiro atoms. The summed E-state index contributed by atoms with van der Waals surface area (Å²) in [6.45, 7) is 5.42. The monoisotopic (exact) mass is 295 g/mol. The van der Waals surface area contributed by atoms with Crippen molar-refractivity contribution in [2.75, 3.05) is 33.4 Å². The molecule has 1 aromatic heterocycles. The van der Waals surface area contributed by atoms with Gasteiger partial charge >= 0.3 is 0 Å². The van der Waals surface area contributed by atoms with Crippen LogP contribution in [0.3, 0.4) is 0 Å². The Morgan fingerprint density at radius 1 is 1.33 bits per heavy atom. The smallest absolute Gasteiger partial charge is 0.246 e. The molecule has 6 heteroatoms. The van der Waals surface area contributed by atoms with Crippen LogP contribution >= 0.6 is 0 Å². The summed E-state index contributed by atoms with van der Waals surface area (Å²) in [6.07, 6.45) is 5.51. The van der Waals surface area contributed by atoms with E-state index < -0.39 is 0 Å². The first-order chi connectivity index (χ1) is 10.2. The van der Waals surface area contributed by atoms with Gasteiger partial charge in [0.25, 0.3) is 0 Å². The second-order valence-corrected chi connectivity index (χ2v) is 6.08. The van der Waals surface area contributed by atoms with Crippen molar-refractivity contribution >= 4 is 0 Å². The van der Waals surface area contributed by atoms with Gasteiger partial charge in [-0.3, -0.25) is 4.90 Å². The molecule has 1 aliphatic carbocycles. The molecule has 0 radical (unpaired) electrons. The van der Waals surface area contributed by atoms with Crippen LogP contribution < -0.4 is 0 Å². The van der Waals surface area contributed by atoms with Crippen molar-refractivity contribution in [2.24, 2.45) is 0 Å². The maximum absolute atomic E-state index is 5.83. The third-order valence-corrected chi connectivity index (χ3v) is 4.67. The molecule has 0 bridgehead atoms. The van der Waals surface area contributed by atoms with Crippen LogP contribution in [0.1, 0.15) is 50.5 Å². The summed E-state index contributed by atoms with van der Waals surface area (Å²) in [6, 6.07) is 0. The van der Waals surface area contributed by atoms with Crippen LogP contribution in [0, 0.1) is 0 Å². The Labute approximate surface area is 125 Å². The van der Waals surface area contributed by atoms with E-state index in [2.05, 4.69) is 15.1 Å². The van der Waals surface area contributed by atoms with Crippen molar-refractivity contribution in [3.63, 3.8) is 0 Å². The molecule has 1 aliphatic heterocycles. The van der Waals surface area contributed by atoms with Gasteiger partial charge in [0.05, 0.1) is 12.2 Å². The quantitative estimate of drug-likeness (QED) is 0.827. The number of hydrogen-bond donors (Lipinski definition) is 0. The van der Waals surface area contributed by atoms with E-state index in [0.717, 1.165) is 38.9 Å². The molecule has 118 valence electrons. The number of hydrogen-bond acceptors (Lipinski definition) is 6. The molecule has 1 unspecified atom stereocenters. The number of ether oxygens (including phenoxy) is 2. The van der Waals surface area contributed by atoms with Crippen molar-refractivity contribution < 1.29 is 13.9 Å². The van der Waals surface area contributed by atoms with Gasteiger partial charge in [-0.05, 0) is 12.8 Å². The van der Waals surface area contributed by atoms with E-state index in [1.54, 1.807) is 0 Å². The van der Waals surface area contributed by atoms with Crippen molar-refractivity contribution in [2.45, 2.75) is 50.7 Å². The molecule has 1 saturated heterocycles. The number of aryl methyl sites for hydroxylation is 1. The lowest BCUT2D eigenvalue weighted by molar-refractivity contribution is -0.0839. The average molecular weight is 295 g/mol. The SMILES string of the molecule is CCc1nnc(C2CN(CC3(OC)CCCC3)CCO2)o1. The highest BCUT2D eigenvalue weighted by Gasteiger charge is 2.37. The topological polar surface area (TPSA) is 60.6 Å². The van der Waals surface area contributed by atoms with Gasteiger partial charge in [-0.2, -0.15) is 0 Å². The summed E-state index contributed by atoms with van der Waals surface area (Å²) in [5, 5.41) is 8.14. The maximum atomic E-state index is 5.83. The second kappa shape index (κ2) is 6.42. The molecule has 0 amide bonds. The van der Waals surface area contributed by atoms with Gasteiger partial charge in [0, 0.05) is 33.2 Å². The van der Waals surface area contributed by atoms with E-state index in [-0.39, 0.29) is 11.7 Å². The standard InChI is InChI=1S/C15H25N3O3/c1-3-13-16-17-14(21-13)12-10-18(8-9-20-12)11-15(19-2)6-4-5-7-15/h12H,3-11H2,1-2H3. The highest BCUT2D eigenvalue weighted by Crippen LogP contribution is 2.34. The van der Waals surface area contributed by atoms with E-state index in [9.17, 15) is 0 Å². The van der Waals surface area contributed by atoms with E-state index in [1.807, 2.05) is 14.0 Å². The predicted octanol–water partition coefficient (Wildman–Crippen LogP) is 1.96. The van der Waals surface area contributed by atoms with Crippen LogP contribution in [0.4, 0.5) is 0 Å². The normalized spacial score (nSPS) is 26.3. The van der Waals surface area contributed by atoms with Crippen LogP contribution in [0.2, 0.25) is 0 Å². The number of methoxy groups -OCH3 is 1. The first-order valence-electron chi connectivity index (χ1n) is 7.96. The number of aromatic nitrogens is 2. The van der Waals surface area contributed by atoms with E-state index in [0.29, 0.717) is 18.4 Å². The summed E-state index contributed by atoms with van der Waals surface area (Å²) in [4.78, 5) is 2.42. The lowest BCUT2D eigenvalue weighted by atomic mass is 10.0. The third kappa shape index (κ3) is 3.27. The zero-order valence-corrected chi connectivity index (χ0v) is 13.0. The molecule has 21 heavy (non-hydrogen) atoms. The molecular formula is C15H25N3O3. The van der Waals surface area contributed by atoms with Gasteiger partial charge in [-0.1, -0.05) is 19.8 Å². The fourth-order valence-corrected chi connectivity index (χ4v) is 3.39. The Hall–Kier alpha value is -0.980. The Morgan fingerprint density at radius 3 is 2.81 bits per heavy atom. The van der Waals surface area contributed by atoms with E-state index in [4.69, 9.17) is 13.9 Å². The van der Waals surface area contributed by atoms with Gasteiger partial charge < -0.3 is 13.9 Å². The summed E-state index contributed by atoms with van der Waals surface area (Å²) < 4.78 is 17.3. The highest BCUT2D eigenvalue weighted by atomic mass is 16.5. The van der Waals surface area contributed by atoms with Crippen LogP contribution in [-0.2, 0) is 15.9 Å². The van der Waals surface area contributed by atoms with Gasteiger partial charge in [0.1, 0.15) is 6.10 Å². The molecule has 1 aromatic rings. The molecule has 0 N–H and O–H groups in total. The number of morpholine rings is 1. The number of nitrogens with zero attached hydrogens (tertiary/aromatic N) is 3. The lowest BCUT2D eigenvalue weighted by Crippen LogP contribution is -2.48. The van der Waals surface area contributed by atoms with Gasteiger partial charge in [0.15, 0.2) is 0 Å². The molecule has 2 aliphatic rings. The van der Waals surface area contributed by atoms with Gasteiger partial charge in [0.2, 0.25) is 11.8 Å². The molecule has 1 atom stereocenters. The molecule has 3 rings (SSSR count). The molecule has 0 aromatic carbocycles. The van der Waals surface area contributed by atoms with Crippen molar-refractivity contribution in [1.82, 2.24) is 15.1 Å². The Kier molecular flexibility index (Phi) is 4.57. The fourth-order valence-electron chi connectivity index (χ4n) is 3.39. The molecule has 2 heterocycles. The molecular weight excluding hydrogens is 270 g/mol. The van der Waals surface area contributed by atoms with Gasteiger partial charge in [-0.15, -0.1) is 10.2 Å². The Morgan fingerprint density at radius 2 is 2.14 bits per heavy atom. The first kappa shape index (κ1) is 14.9. The average Bonchev–Trinajstić information content (AvgIpc) is 3.17. The van der Waals surface area contributed by atoms with E-state index in [1.165, 1.54) is 12.8 Å². The summed E-state index contributed by atoms with van der Waals surface area (Å²) >= 11 is 0. The molecule has 1 saturated carbocycles. The predicted molar refractivity (Wildman–Crippen MR) is 77.0 cm³/mol. The molecule has 2 fully saturated rings. The zero-order valence-electron chi connectivity index (χ0n) is 13.0. The van der Waals surface area contributed by atoms with Crippen LogP contribution in [-0.4, -0.2) is 54.0 Å². The molecule has 6 nitrogen and oxygen atoms in total. The Bertz CT molecular complexity index is 457. The number of rotatable bonds is 5. The van der Waals surface area contributed by atoms with Crippen LogP contribution in [0.15, 0.2) is 4.42 Å². The zero-order chi connectivity index (χ0) is 14.7. The summed E-state index contributed by atoms with van der Waals surface area (Å²) in [7, 11) is 1.84. The minimum absolute atomic E-state index is 0.0330.